The van der Waals surface area contributed by atoms with Gasteiger partial charge < -0.3 is 15.4 Å². The predicted octanol–water partition coefficient (Wildman–Crippen LogP) is 2.80. The molecular formula is C18H19ClN2O3. The van der Waals surface area contributed by atoms with Crippen LogP contribution >= 0.6 is 11.6 Å². The molecule has 126 valence electrons. The van der Waals surface area contributed by atoms with E-state index in [4.69, 9.17) is 22.1 Å². The van der Waals surface area contributed by atoms with Gasteiger partial charge in [0.05, 0.1) is 19.2 Å². The first-order valence-corrected chi connectivity index (χ1v) is 7.85. The maximum Gasteiger partial charge on any atom is 0.231 e. The minimum absolute atomic E-state index is 0.0738. The molecule has 0 unspecified atom stereocenters. The van der Waals surface area contributed by atoms with E-state index in [2.05, 4.69) is 0 Å². The van der Waals surface area contributed by atoms with Crippen LogP contribution in [0.3, 0.4) is 0 Å². The number of hydrogen-bond acceptors (Lipinski definition) is 3. The summed E-state index contributed by atoms with van der Waals surface area (Å²) in [5, 5.41) is 0.613. The molecule has 0 bridgehead atoms. The minimum Gasteiger partial charge on any atom is -0.495 e. The van der Waals surface area contributed by atoms with Gasteiger partial charge in [0.1, 0.15) is 5.75 Å². The summed E-state index contributed by atoms with van der Waals surface area (Å²) in [6.07, 6.45) is 0.262. The highest BCUT2D eigenvalue weighted by molar-refractivity contribution is 6.30. The van der Waals surface area contributed by atoms with Gasteiger partial charge in [0.15, 0.2) is 0 Å². The first kappa shape index (κ1) is 17.8. The van der Waals surface area contributed by atoms with Crippen LogP contribution in [0.2, 0.25) is 5.02 Å². The summed E-state index contributed by atoms with van der Waals surface area (Å²) in [7, 11) is 1.54. The lowest BCUT2D eigenvalue weighted by Crippen LogP contribution is -2.35. The average molecular weight is 347 g/mol. The molecule has 0 spiro atoms. The number of hydrogen-bond donors (Lipinski definition) is 1. The molecule has 0 aliphatic heterocycles. The fourth-order valence-electron chi connectivity index (χ4n) is 2.33. The highest BCUT2D eigenvalue weighted by Crippen LogP contribution is 2.28. The van der Waals surface area contributed by atoms with E-state index in [1.165, 1.54) is 12.0 Å². The zero-order chi connectivity index (χ0) is 17.5. The molecule has 0 heterocycles. The van der Waals surface area contributed by atoms with Gasteiger partial charge in [-0.15, -0.1) is 0 Å². The number of nitrogens with zero attached hydrogens (tertiary/aromatic N) is 1. The van der Waals surface area contributed by atoms with Crippen LogP contribution < -0.4 is 15.4 Å². The number of para-hydroxylation sites is 2. The summed E-state index contributed by atoms with van der Waals surface area (Å²) in [4.78, 5) is 25.4. The lowest BCUT2D eigenvalue weighted by atomic mass is 10.1. The fraction of sp³-hybridized carbons (Fsp3) is 0.222. The van der Waals surface area contributed by atoms with Crippen molar-refractivity contribution in [3.63, 3.8) is 0 Å². The predicted molar refractivity (Wildman–Crippen MR) is 94.3 cm³/mol. The van der Waals surface area contributed by atoms with Gasteiger partial charge in [0.25, 0.3) is 0 Å². The Hall–Kier alpha value is -2.53. The van der Waals surface area contributed by atoms with Crippen LogP contribution in [0, 0.1) is 0 Å². The van der Waals surface area contributed by atoms with E-state index in [0.29, 0.717) is 16.5 Å². The smallest absolute Gasteiger partial charge is 0.231 e. The second-order valence-corrected chi connectivity index (χ2v) is 5.67. The zero-order valence-electron chi connectivity index (χ0n) is 13.4. The van der Waals surface area contributed by atoms with Crippen molar-refractivity contribution in [3.8, 4) is 5.75 Å². The number of amides is 2. The van der Waals surface area contributed by atoms with E-state index in [9.17, 15) is 9.59 Å². The summed E-state index contributed by atoms with van der Waals surface area (Å²) < 4.78 is 5.32. The van der Waals surface area contributed by atoms with Gasteiger partial charge in [-0.1, -0.05) is 35.9 Å². The third-order valence-corrected chi connectivity index (χ3v) is 3.78. The molecule has 6 heteroatoms. The van der Waals surface area contributed by atoms with E-state index in [0.717, 1.165) is 5.56 Å². The van der Waals surface area contributed by atoms with Crippen molar-refractivity contribution in [2.45, 2.75) is 12.8 Å². The number of nitrogens with two attached hydrogens (primary N) is 1. The summed E-state index contributed by atoms with van der Waals surface area (Å²) in [6, 6.07) is 14.2. The quantitative estimate of drug-likeness (QED) is 0.837. The SMILES string of the molecule is COc1ccccc1N(CCC(N)=O)C(=O)Cc1ccc(Cl)cc1. The van der Waals surface area contributed by atoms with Gasteiger partial charge in [0.2, 0.25) is 11.8 Å². The Labute approximate surface area is 146 Å². The maximum atomic E-state index is 12.8. The molecule has 24 heavy (non-hydrogen) atoms. The monoisotopic (exact) mass is 346 g/mol. The number of carbonyl (C=O) groups excluding carboxylic acids is 2. The lowest BCUT2D eigenvalue weighted by Gasteiger charge is -2.24. The van der Waals surface area contributed by atoms with Gasteiger partial charge in [-0.05, 0) is 29.8 Å². The van der Waals surface area contributed by atoms with E-state index in [1.807, 2.05) is 12.1 Å². The third-order valence-electron chi connectivity index (χ3n) is 3.53. The van der Waals surface area contributed by atoms with Gasteiger partial charge in [-0.2, -0.15) is 0 Å². The summed E-state index contributed by atoms with van der Waals surface area (Å²) in [5.74, 6) is -0.0521. The molecule has 5 nitrogen and oxygen atoms in total. The van der Waals surface area contributed by atoms with Gasteiger partial charge in [0, 0.05) is 18.0 Å². The van der Waals surface area contributed by atoms with E-state index in [1.54, 1.807) is 36.4 Å². The molecule has 2 aromatic carbocycles. The number of rotatable bonds is 7. The Bertz CT molecular complexity index is 716. The van der Waals surface area contributed by atoms with Crippen molar-refractivity contribution in [2.75, 3.05) is 18.6 Å². The number of methoxy groups -OCH3 is 1. The number of halogens is 1. The average Bonchev–Trinajstić information content (AvgIpc) is 2.57. The summed E-state index contributed by atoms with van der Waals surface area (Å²) >= 11 is 5.87. The number of carbonyl (C=O) groups is 2. The topological polar surface area (TPSA) is 72.6 Å². The van der Waals surface area contributed by atoms with Crippen LogP contribution in [-0.2, 0) is 16.0 Å². The molecule has 2 aromatic rings. The first-order valence-electron chi connectivity index (χ1n) is 7.47. The standard InChI is InChI=1S/C18H19ClN2O3/c1-24-16-5-3-2-4-15(16)21(11-10-17(20)22)18(23)12-13-6-8-14(19)9-7-13/h2-9H,10-12H2,1H3,(H2,20,22). The second kappa shape index (κ2) is 8.36. The molecule has 0 saturated heterocycles. The Balaban J connectivity index is 2.25. The molecule has 0 atom stereocenters. The Kier molecular flexibility index (Phi) is 6.21. The highest BCUT2D eigenvalue weighted by atomic mass is 35.5. The molecule has 2 amide bonds. The summed E-state index contributed by atoms with van der Waals surface area (Å²) in [5.41, 5.74) is 6.68. The van der Waals surface area contributed by atoms with Crippen LogP contribution in [-0.4, -0.2) is 25.5 Å². The molecule has 0 saturated carbocycles. The van der Waals surface area contributed by atoms with Crippen molar-refractivity contribution < 1.29 is 14.3 Å². The number of anilines is 1. The second-order valence-electron chi connectivity index (χ2n) is 5.24. The van der Waals surface area contributed by atoms with Crippen molar-refractivity contribution in [1.29, 1.82) is 0 Å². The van der Waals surface area contributed by atoms with Crippen molar-refractivity contribution >= 4 is 29.1 Å². The van der Waals surface area contributed by atoms with Crippen molar-refractivity contribution in [1.82, 2.24) is 0 Å². The molecule has 0 aromatic heterocycles. The van der Waals surface area contributed by atoms with Crippen LogP contribution in [0.1, 0.15) is 12.0 Å². The van der Waals surface area contributed by atoms with E-state index < -0.39 is 5.91 Å². The van der Waals surface area contributed by atoms with Gasteiger partial charge in [-0.3, -0.25) is 9.59 Å². The van der Waals surface area contributed by atoms with Crippen LogP contribution in [0.25, 0.3) is 0 Å². The Morgan fingerprint density at radius 3 is 2.42 bits per heavy atom. The van der Waals surface area contributed by atoms with Crippen LogP contribution in [0.15, 0.2) is 48.5 Å². The Morgan fingerprint density at radius 1 is 1.12 bits per heavy atom. The third kappa shape index (κ3) is 4.73. The fourth-order valence-corrected chi connectivity index (χ4v) is 2.45. The summed E-state index contributed by atoms with van der Waals surface area (Å²) in [6.45, 7) is 0.197. The van der Waals surface area contributed by atoms with E-state index in [-0.39, 0.29) is 25.3 Å². The number of primary amides is 1. The maximum absolute atomic E-state index is 12.8. The van der Waals surface area contributed by atoms with Crippen LogP contribution in [0.5, 0.6) is 5.75 Å². The first-order chi connectivity index (χ1) is 11.5. The molecule has 0 fully saturated rings. The molecule has 0 aliphatic rings. The Morgan fingerprint density at radius 2 is 1.79 bits per heavy atom. The van der Waals surface area contributed by atoms with Crippen LogP contribution in [0.4, 0.5) is 5.69 Å². The molecular weight excluding hydrogens is 328 g/mol. The lowest BCUT2D eigenvalue weighted by molar-refractivity contribution is -0.118. The van der Waals surface area contributed by atoms with Crippen molar-refractivity contribution in [3.05, 3.63) is 59.1 Å². The minimum atomic E-state index is -0.464. The molecule has 2 N–H and O–H groups in total. The highest BCUT2D eigenvalue weighted by Gasteiger charge is 2.20. The zero-order valence-corrected chi connectivity index (χ0v) is 14.1. The molecule has 0 radical (unpaired) electrons. The number of benzene rings is 2. The largest absolute Gasteiger partial charge is 0.495 e. The van der Waals surface area contributed by atoms with Crippen molar-refractivity contribution in [2.24, 2.45) is 5.73 Å². The van der Waals surface area contributed by atoms with Gasteiger partial charge >= 0.3 is 0 Å². The molecule has 0 aliphatic carbocycles. The van der Waals surface area contributed by atoms with Gasteiger partial charge in [-0.25, -0.2) is 0 Å². The molecule has 2 rings (SSSR count). The normalized spacial score (nSPS) is 10.2. The number of ether oxygens (including phenoxy) is 1. The van der Waals surface area contributed by atoms with E-state index >= 15 is 0 Å².